The predicted octanol–water partition coefficient (Wildman–Crippen LogP) is 3.07. The van der Waals surface area contributed by atoms with E-state index in [4.69, 9.17) is 16.0 Å². The molecule has 0 spiro atoms. The zero-order chi connectivity index (χ0) is 19.5. The van der Waals surface area contributed by atoms with Gasteiger partial charge in [-0.2, -0.15) is 5.26 Å². The molecule has 0 saturated carbocycles. The molecule has 1 unspecified atom stereocenters. The first-order valence-corrected chi connectivity index (χ1v) is 9.03. The average Bonchev–Trinajstić information content (AvgIpc) is 3.22. The highest BCUT2D eigenvalue weighted by atomic mass is 16.1. The molecule has 1 atom stereocenters. The number of aromatic nitrogens is 2. The summed E-state index contributed by atoms with van der Waals surface area (Å²) in [5, 5.41) is 11.8. The molecule has 1 amide bonds. The predicted molar refractivity (Wildman–Crippen MR) is 107 cm³/mol. The number of nitrogens with one attached hydrogen (secondary N) is 1. The highest BCUT2D eigenvalue weighted by molar-refractivity contribution is 5.80. The molecule has 0 saturated heterocycles. The van der Waals surface area contributed by atoms with Gasteiger partial charge < -0.3 is 15.5 Å². The molecular weight excluding hydrogens is 350 g/mol. The number of nitrogens with two attached hydrogens (primary N) is 1. The lowest BCUT2D eigenvalue weighted by atomic mass is 10.0. The largest absolute Gasteiger partial charge is 0.350 e. The van der Waals surface area contributed by atoms with Crippen molar-refractivity contribution < 1.29 is 4.79 Å². The maximum atomic E-state index is 12.4. The molecule has 0 radical (unpaired) electrons. The Balaban J connectivity index is 1.47. The van der Waals surface area contributed by atoms with Crippen LogP contribution in [0.5, 0.6) is 0 Å². The minimum absolute atomic E-state index is 0.142. The smallest absolute Gasteiger partial charge is 0.222 e. The molecule has 6 heteroatoms. The van der Waals surface area contributed by atoms with Crippen molar-refractivity contribution in [1.82, 2.24) is 14.7 Å². The van der Waals surface area contributed by atoms with Gasteiger partial charge in [-0.05, 0) is 42.0 Å². The third-order valence-electron chi connectivity index (χ3n) is 4.77. The molecule has 4 rings (SSSR count). The number of hydrogen-bond donors (Lipinski definition) is 2. The Kier molecular flexibility index (Phi) is 4.75. The number of nitrogens with zero attached hydrogens (tertiary/aromatic N) is 3. The Morgan fingerprint density at radius 1 is 1.11 bits per heavy atom. The monoisotopic (exact) mass is 369 g/mol. The van der Waals surface area contributed by atoms with E-state index >= 15 is 0 Å². The number of amides is 1. The van der Waals surface area contributed by atoms with Gasteiger partial charge in [0.15, 0.2) is 0 Å². The van der Waals surface area contributed by atoms with Crippen LogP contribution in [0.4, 0.5) is 0 Å². The Morgan fingerprint density at radius 2 is 1.86 bits per heavy atom. The standard InChI is InChI=1S/C22H19N5O/c23-13-15-7-9-16(10-8-15)17(24)12-22(28)25-14-19-21-6-3-11-27(21)20-5-2-1-4-18(20)26-19/h1-11,17H,12,14,24H2,(H,25,28). The van der Waals surface area contributed by atoms with E-state index < -0.39 is 6.04 Å². The van der Waals surface area contributed by atoms with Crippen LogP contribution in [0.15, 0.2) is 66.9 Å². The number of nitriles is 1. The molecule has 2 heterocycles. The van der Waals surface area contributed by atoms with Crippen molar-refractivity contribution in [3.05, 3.63) is 83.7 Å². The number of fused-ring (bicyclic) bond motifs is 3. The van der Waals surface area contributed by atoms with Gasteiger partial charge in [-0.3, -0.25) is 4.79 Å². The van der Waals surface area contributed by atoms with Crippen molar-refractivity contribution in [2.45, 2.75) is 19.0 Å². The zero-order valence-electron chi connectivity index (χ0n) is 15.2. The second-order valence-electron chi connectivity index (χ2n) is 6.63. The van der Waals surface area contributed by atoms with E-state index in [1.807, 2.05) is 42.6 Å². The third kappa shape index (κ3) is 3.43. The summed E-state index contributed by atoms with van der Waals surface area (Å²) >= 11 is 0. The molecule has 2 aromatic heterocycles. The van der Waals surface area contributed by atoms with Gasteiger partial charge >= 0.3 is 0 Å². The van der Waals surface area contributed by atoms with Crippen molar-refractivity contribution in [2.24, 2.45) is 5.73 Å². The first kappa shape index (κ1) is 17.7. The summed E-state index contributed by atoms with van der Waals surface area (Å²) in [5.74, 6) is -0.142. The van der Waals surface area contributed by atoms with Crippen LogP contribution >= 0.6 is 0 Å². The van der Waals surface area contributed by atoms with E-state index in [0.717, 1.165) is 27.8 Å². The van der Waals surface area contributed by atoms with Gasteiger partial charge in [0.25, 0.3) is 0 Å². The van der Waals surface area contributed by atoms with E-state index in [2.05, 4.69) is 15.8 Å². The van der Waals surface area contributed by atoms with Crippen LogP contribution in [0.3, 0.4) is 0 Å². The number of benzene rings is 2. The Hall–Kier alpha value is -3.69. The summed E-state index contributed by atoms with van der Waals surface area (Å²) in [7, 11) is 0. The Bertz CT molecular complexity index is 1190. The van der Waals surface area contributed by atoms with Gasteiger partial charge in [0.05, 0.1) is 40.4 Å². The van der Waals surface area contributed by atoms with Crippen LogP contribution in [0.25, 0.3) is 16.6 Å². The summed E-state index contributed by atoms with van der Waals surface area (Å²) in [5.41, 5.74) is 11.2. The highest BCUT2D eigenvalue weighted by Gasteiger charge is 2.13. The van der Waals surface area contributed by atoms with Crippen molar-refractivity contribution in [3.8, 4) is 6.07 Å². The molecule has 0 aliphatic heterocycles. The lowest BCUT2D eigenvalue weighted by molar-refractivity contribution is -0.121. The van der Waals surface area contributed by atoms with Crippen molar-refractivity contribution >= 4 is 22.5 Å². The topological polar surface area (TPSA) is 96.2 Å². The summed E-state index contributed by atoms with van der Waals surface area (Å²) in [4.78, 5) is 17.1. The van der Waals surface area contributed by atoms with E-state index in [-0.39, 0.29) is 12.3 Å². The van der Waals surface area contributed by atoms with Crippen molar-refractivity contribution in [3.63, 3.8) is 0 Å². The lowest BCUT2D eigenvalue weighted by Crippen LogP contribution is -2.27. The van der Waals surface area contributed by atoms with Crippen LogP contribution < -0.4 is 11.1 Å². The molecule has 0 bridgehead atoms. The van der Waals surface area contributed by atoms with Crippen LogP contribution in [0.2, 0.25) is 0 Å². The van der Waals surface area contributed by atoms with Gasteiger partial charge in [-0.1, -0.05) is 24.3 Å². The van der Waals surface area contributed by atoms with Crippen LogP contribution in [0.1, 0.15) is 29.3 Å². The highest BCUT2D eigenvalue weighted by Crippen LogP contribution is 2.19. The summed E-state index contributed by atoms with van der Waals surface area (Å²) in [6.45, 7) is 0.331. The first-order chi connectivity index (χ1) is 13.7. The molecule has 138 valence electrons. The molecule has 3 N–H and O–H groups in total. The van der Waals surface area contributed by atoms with Crippen LogP contribution in [-0.4, -0.2) is 15.3 Å². The van der Waals surface area contributed by atoms with Gasteiger partial charge in [0.2, 0.25) is 5.91 Å². The van der Waals surface area contributed by atoms with E-state index in [9.17, 15) is 4.79 Å². The van der Waals surface area contributed by atoms with Crippen molar-refractivity contribution in [2.75, 3.05) is 0 Å². The van der Waals surface area contributed by atoms with E-state index in [0.29, 0.717) is 12.1 Å². The van der Waals surface area contributed by atoms with Gasteiger partial charge in [0, 0.05) is 18.7 Å². The maximum absolute atomic E-state index is 12.4. The second-order valence-corrected chi connectivity index (χ2v) is 6.63. The zero-order valence-corrected chi connectivity index (χ0v) is 15.2. The Labute approximate surface area is 162 Å². The molecular formula is C22H19N5O. The lowest BCUT2D eigenvalue weighted by Gasteiger charge is -2.13. The second kappa shape index (κ2) is 7.51. The number of para-hydroxylation sites is 2. The summed E-state index contributed by atoms with van der Waals surface area (Å²) in [6.07, 6.45) is 2.16. The van der Waals surface area contributed by atoms with Crippen LogP contribution in [0, 0.1) is 11.3 Å². The fourth-order valence-corrected chi connectivity index (χ4v) is 3.30. The summed E-state index contributed by atoms with van der Waals surface area (Å²) < 4.78 is 2.08. The molecule has 0 fully saturated rings. The molecule has 28 heavy (non-hydrogen) atoms. The van der Waals surface area contributed by atoms with Gasteiger partial charge in [0.1, 0.15) is 0 Å². The fraction of sp³-hybridized carbons (Fsp3) is 0.136. The Morgan fingerprint density at radius 3 is 2.64 bits per heavy atom. The molecule has 0 aliphatic rings. The molecule has 0 aliphatic carbocycles. The fourth-order valence-electron chi connectivity index (χ4n) is 3.30. The third-order valence-corrected chi connectivity index (χ3v) is 4.77. The molecule has 4 aromatic rings. The minimum atomic E-state index is -0.425. The number of carbonyl (C=O) groups is 1. The number of carbonyl (C=O) groups excluding carboxylic acids is 1. The number of rotatable bonds is 5. The van der Waals surface area contributed by atoms with Crippen LogP contribution in [-0.2, 0) is 11.3 Å². The normalized spacial score (nSPS) is 12.0. The van der Waals surface area contributed by atoms with Crippen molar-refractivity contribution in [1.29, 1.82) is 5.26 Å². The van der Waals surface area contributed by atoms with Gasteiger partial charge in [-0.25, -0.2) is 4.98 Å². The average molecular weight is 369 g/mol. The minimum Gasteiger partial charge on any atom is -0.350 e. The quantitative estimate of drug-likeness (QED) is 0.565. The van der Waals surface area contributed by atoms with Gasteiger partial charge in [-0.15, -0.1) is 0 Å². The maximum Gasteiger partial charge on any atom is 0.222 e. The van der Waals surface area contributed by atoms with E-state index in [1.165, 1.54) is 0 Å². The van der Waals surface area contributed by atoms with E-state index in [1.54, 1.807) is 24.3 Å². The molecule has 2 aromatic carbocycles. The first-order valence-electron chi connectivity index (χ1n) is 9.03. The SMILES string of the molecule is N#Cc1ccc(C(N)CC(=O)NCc2nc3ccccc3n3cccc23)cc1. The summed E-state index contributed by atoms with van der Waals surface area (Å²) in [6, 6.07) is 20.5. The number of hydrogen-bond acceptors (Lipinski definition) is 4. The molecule has 6 nitrogen and oxygen atoms in total.